The summed E-state index contributed by atoms with van der Waals surface area (Å²) in [4.78, 5) is 23.5. The van der Waals surface area contributed by atoms with Gasteiger partial charge in [0, 0.05) is 5.56 Å². The quantitative estimate of drug-likeness (QED) is 0.720. The Morgan fingerprint density at radius 2 is 2.09 bits per heavy atom. The van der Waals surface area contributed by atoms with E-state index in [1.54, 1.807) is 25.1 Å². The molecule has 0 aliphatic heterocycles. The van der Waals surface area contributed by atoms with Crippen molar-refractivity contribution in [3.05, 3.63) is 36.4 Å². The van der Waals surface area contributed by atoms with Gasteiger partial charge in [-0.1, -0.05) is 19.6 Å². The molecule has 0 aliphatic carbocycles. The smallest absolute Gasteiger partial charge is 0.329 e. The van der Waals surface area contributed by atoms with E-state index in [4.69, 9.17) is 9.47 Å². The monoisotopic (exact) mass is 307 g/mol. The molecule has 0 radical (unpaired) electrons. The minimum Gasteiger partial charge on any atom is -0.493 e. The Hall–Kier alpha value is -2.50. The topological polar surface area (TPSA) is 84.9 Å². The molecule has 0 saturated carbocycles. The number of benzene rings is 1. The Bertz CT molecular complexity index is 570. The maximum Gasteiger partial charge on any atom is 0.329 e. The number of carbonyl (C=O) groups excluding carboxylic acids is 1. The molecule has 1 atom stereocenters. The predicted molar refractivity (Wildman–Crippen MR) is 82.5 cm³/mol. The van der Waals surface area contributed by atoms with Gasteiger partial charge in [-0.05, 0) is 31.5 Å². The van der Waals surface area contributed by atoms with Crippen molar-refractivity contribution in [1.82, 2.24) is 5.32 Å². The zero-order valence-electron chi connectivity index (χ0n) is 13.0. The fraction of sp³-hybridized carbons (Fsp3) is 0.375. The van der Waals surface area contributed by atoms with Gasteiger partial charge in [0.2, 0.25) is 0 Å². The van der Waals surface area contributed by atoms with E-state index in [1.807, 2.05) is 0 Å². The lowest BCUT2D eigenvalue weighted by Crippen LogP contribution is -2.51. The highest BCUT2D eigenvalue weighted by Crippen LogP contribution is 2.28. The van der Waals surface area contributed by atoms with Crippen LogP contribution in [0.5, 0.6) is 11.5 Å². The number of nitrogens with one attached hydrogen (secondary N) is 1. The lowest BCUT2D eigenvalue weighted by Gasteiger charge is -2.24. The minimum atomic E-state index is -1.32. The molecule has 6 nitrogen and oxygen atoms in total. The Labute approximate surface area is 129 Å². The molecule has 1 aromatic rings. The van der Waals surface area contributed by atoms with Gasteiger partial charge in [0.1, 0.15) is 12.1 Å². The number of methoxy groups -OCH3 is 1. The second-order valence-corrected chi connectivity index (χ2v) is 4.91. The third kappa shape index (κ3) is 4.00. The highest BCUT2D eigenvalue weighted by molar-refractivity contribution is 5.98. The van der Waals surface area contributed by atoms with Crippen molar-refractivity contribution >= 4 is 11.9 Å². The van der Waals surface area contributed by atoms with Gasteiger partial charge >= 0.3 is 5.97 Å². The maximum absolute atomic E-state index is 12.2. The Balaban J connectivity index is 2.99. The number of hydrogen-bond donors (Lipinski definition) is 2. The van der Waals surface area contributed by atoms with Crippen LogP contribution in [0.4, 0.5) is 0 Å². The molecule has 120 valence electrons. The Kier molecular flexibility index (Phi) is 5.98. The zero-order valence-corrected chi connectivity index (χ0v) is 13.0. The molecular formula is C16H21NO5. The summed E-state index contributed by atoms with van der Waals surface area (Å²) in [6.45, 7) is 7.03. The van der Waals surface area contributed by atoms with Crippen LogP contribution < -0.4 is 14.8 Å². The van der Waals surface area contributed by atoms with E-state index in [2.05, 4.69) is 11.9 Å². The molecular weight excluding hydrogens is 286 g/mol. The van der Waals surface area contributed by atoms with E-state index >= 15 is 0 Å². The summed E-state index contributed by atoms with van der Waals surface area (Å²) in [6, 6.07) is 4.65. The first-order chi connectivity index (χ1) is 10.4. The summed E-state index contributed by atoms with van der Waals surface area (Å²) in [5, 5.41) is 11.7. The zero-order chi connectivity index (χ0) is 16.8. The molecule has 6 heteroatoms. The molecule has 22 heavy (non-hydrogen) atoms. The molecule has 0 bridgehead atoms. The Morgan fingerprint density at radius 3 is 2.59 bits per heavy atom. The van der Waals surface area contributed by atoms with Crippen LogP contribution in [-0.2, 0) is 4.79 Å². The SMILES string of the molecule is C=CCOc1ccc(C(=O)NC(C)(CC)C(=O)O)cc1OC. The van der Waals surface area contributed by atoms with Crippen LogP contribution in [0.3, 0.4) is 0 Å². The summed E-state index contributed by atoms with van der Waals surface area (Å²) in [5.41, 5.74) is -1.02. The molecule has 0 aliphatic rings. The van der Waals surface area contributed by atoms with Crippen molar-refractivity contribution in [3.63, 3.8) is 0 Å². The number of carboxylic acids is 1. The molecule has 0 heterocycles. The number of rotatable bonds is 8. The second-order valence-electron chi connectivity index (χ2n) is 4.91. The van der Waals surface area contributed by atoms with Crippen LogP contribution >= 0.6 is 0 Å². The fourth-order valence-electron chi connectivity index (χ4n) is 1.69. The average molecular weight is 307 g/mol. The van der Waals surface area contributed by atoms with Gasteiger partial charge in [0.25, 0.3) is 5.91 Å². The first-order valence-corrected chi connectivity index (χ1v) is 6.85. The predicted octanol–water partition coefficient (Wildman–Crippen LogP) is 2.24. The molecule has 1 amide bonds. The largest absolute Gasteiger partial charge is 0.493 e. The van der Waals surface area contributed by atoms with Crippen LogP contribution in [0.2, 0.25) is 0 Å². The summed E-state index contributed by atoms with van der Waals surface area (Å²) in [5.74, 6) is -0.694. The normalized spacial score (nSPS) is 12.9. The van der Waals surface area contributed by atoms with Crippen molar-refractivity contribution in [1.29, 1.82) is 0 Å². The van der Waals surface area contributed by atoms with Crippen LogP contribution in [0.1, 0.15) is 30.6 Å². The van der Waals surface area contributed by atoms with Gasteiger partial charge in [0.15, 0.2) is 11.5 Å². The molecule has 0 aromatic heterocycles. The van der Waals surface area contributed by atoms with E-state index < -0.39 is 17.4 Å². The number of amides is 1. The van der Waals surface area contributed by atoms with Crippen molar-refractivity contribution in [2.75, 3.05) is 13.7 Å². The molecule has 1 unspecified atom stereocenters. The standard InChI is InChI=1S/C16H21NO5/c1-5-9-22-12-8-7-11(10-13(12)21-4)14(18)17-16(3,6-2)15(19)20/h5,7-8,10H,1,6,9H2,2-4H3,(H,17,18)(H,19,20). The van der Waals surface area contributed by atoms with E-state index in [0.717, 1.165) is 0 Å². The van der Waals surface area contributed by atoms with Crippen LogP contribution in [0.25, 0.3) is 0 Å². The second kappa shape index (κ2) is 7.49. The number of carbonyl (C=O) groups is 2. The van der Waals surface area contributed by atoms with E-state index in [-0.39, 0.29) is 6.42 Å². The highest BCUT2D eigenvalue weighted by Gasteiger charge is 2.33. The molecule has 0 fully saturated rings. The summed E-state index contributed by atoms with van der Waals surface area (Å²) in [7, 11) is 1.46. The molecule has 2 N–H and O–H groups in total. The number of hydrogen-bond acceptors (Lipinski definition) is 4. The van der Waals surface area contributed by atoms with Gasteiger partial charge < -0.3 is 19.9 Å². The summed E-state index contributed by atoms with van der Waals surface area (Å²) >= 11 is 0. The maximum atomic E-state index is 12.2. The van der Waals surface area contributed by atoms with Crippen LogP contribution in [0, 0.1) is 0 Å². The van der Waals surface area contributed by atoms with Crippen LogP contribution in [-0.4, -0.2) is 36.2 Å². The molecule has 1 aromatic carbocycles. The molecule has 0 spiro atoms. The van der Waals surface area contributed by atoms with Crippen molar-refractivity contribution in [3.8, 4) is 11.5 Å². The third-order valence-electron chi connectivity index (χ3n) is 3.35. The van der Waals surface area contributed by atoms with E-state index in [9.17, 15) is 14.7 Å². The van der Waals surface area contributed by atoms with Gasteiger partial charge in [0.05, 0.1) is 7.11 Å². The van der Waals surface area contributed by atoms with E-state index in [0.29, 0.717) is 23.7 Å². The lowest BCUT2D eigenvalue weighted by atomic mass is 9.98. The van der Waals surface area contributed by atoms with Crippen molar-refractivity contribution in [2.45, 2.75) is 25.8 Å². The van der Waals surface area contributed by atoms with Gasteiger partial charge in [-0.25, -0.2) is 4.79 Å². The first-order valence-electron chi connectivity index (χ1n) is 6.85. The molecule has 1 rings (SSSR count). The summed E-state index contributed by atoms with van der Waals surface area (Å²) < 4.78 is 10.6. The number of ether oxygens (including phenoxy) is 2. The summed E-state index contributed by atoms with van der Waals surface area (Å²) in [6.07, 6.45) is 1.87. The highest BCUT2D eigenvalue weighted by atomic mass is 16.5. The number of aliphatic carboxylic acids is 1. The third-order valence-corrected chi connectivity index (χ3v) is 3.35. The van der Waals surface area contributed by atoms with Crippen LogP contribution in [0.15, 0.2) is 30.9 Å². The lowest BCUT2D eigenvalue weighted by molar-refractivity contribution is -0.143. The Morgan fingerprint density at radius 1 is 1.41 bits per heavy atom. The van der Waals surface area contributed by atoms with Gasteiger partial charge in [-0.3, -0.25) is 4.79 Å². The first kappa shape index (κ1) is 17.6. The van der Waals surface area contributed by atoms with Gasteiger partial charge in [-0.15, -0.1) is 0 Å². The van der Waals surface area contributed by atoms with Gasteiger partial charge in [-0.2, -0.15) is 0 Å². The molecule has 0 saturated heterocycles. The minimum absolute atomic E-state index is 0.270. The average Bonchev–Trinajstić information content (AvgIpc) is 2.52. The number of carboxylic acid groups (broad SMARTS) is 1. The fourth-order valence-corrected chi connectivity index (χ4v) is 1.69. The van der Waals surface area contributed by atoms with Crippen molar-refractivity contribution in [2.24, 2.45) is 0 Å². The van der Waals surface area contributed by atoms with E-state index in [1.165, 1.54) is 20.1 Å². The van der Waals surface area contributed by atoms with Crippen molar-refractivity contribution < 1.29 is 24.2 Å².